The molecule has 1 aromatic rings. The lowest BCUT2D eigenvalue weighted by molar-refractivity contribution is -0.130. The minimum absolute atomic E-state index is 0.256. The summed E-state index contributed by atoms with van der Waals surface area (Å²) in [6.07, 6.45) is -1.22. The molecule has 0 spiro atoms. The normalized spacial score (nSPS) is 12.9. The van der Waals surface area contributed by atoms with Gasteiger partial charge in [0.1, 0.15) is 11.9 Å². The number of halogens is 1. The van der Waals surface area contributed by atoms with Gasteiger partial charge in [0.15, 0.2) is 5.78 Å². The second-order valence-corrected chi connectivity index (χ2v) is 3.51. The standard InChI is InChI=1S/C11H13FO2/c1-7(2)10(13)11(14)8-4-3-5-9(12)6-8/h3-7,11,14H,1-2H3/t11-/m0/s1. The first kappa shape index (κ1) is 10.9. The van der Waals surface area contributed by atoms with Gasteiger partial charge >= 0.3 is 0 Å². The molecule has 0 aromatic heterocycles. The van der Waals surface area contributed by atoms with Gasteiger partial charge in [0.05, 0.1) is 0 Å². The van der Waals surface area contributed by atoms with Crippen LogP contribution in [0.4, 0.5) is 4.39 Å². The minimum Gasteiger partial charge on any atom is -0.381 e. The Labute approximate surface area is 82.4 Å². The predicted molar refractivity (Wildman–Crippen MR) is 51.2 cm³/mol. The molecule has 0 aliphatic heterocycles. The molecular weight excluding hydrogens is 183 g/mol. The van der Waals surface area contributed by atoms with E-state index in [1.807, 2.05) is 0 Å². The van der Waals surface area contributed by atoms with E-state index in [0.717, 1.165) is 0 Å². The third kappa shape index (κ3) is 2.39. The first-order valence-corrected chi connectivity index (χ1v) is 4.49. The van der Waals surface area contributed by atoms with Crippen LogP contribution in [0.1, 0.15) is 25.5 Å². The molecule has 1 rings (SSSR count). The van der Waals surface area contributed by atoms with Crippen LogP contribution in [-0.4, -0.2) is 10.9 Å². The van der Waals surface area contributed by atoms with Gasteiger partial charge in [-0.05, 0) is 17.7 Å². The molecule has 0 aliphatic rings. The van der Waals surface area contributed by atoms with Crippen LogP contribution >= 0.6 is 0 Å². The molecule has 0 heterocycles. The van der Waals surface area contributed by atoms with Gasteiger partial charge in [-0.2, -0.15) is 0 Å². The van der Waals surface area contributed by atoms with Gasteiger partial charge in [-0.15, -0.1) is 0 Å². The summed E-state index contributed by atoms with van der Waals surface area (Å²) in [5.74, 6) is -0.998. The van der Waals surface area contributed by atoms with Gasteiger partial charge in [-0.3, -0.25) is 4.79 Å². The van der Waals surface area contributed by atoms with Crippen molar-refractivity contribution >= 4 is 5.78 Å². The molecular formula is C11H13FO2. The molecule has 2 nitrogen and oxygen atoms in total. The summed E-state index contributed by atoms with van der Waals surface area (Å²) in [4.78, 5) is 11.4. The summed E-state index contributed by atoms with van der Waals surface area (Å²) in [7, 11) is 0. The molecule has 1 aromatic carbocycles. The Hall–Kier alpha value is -1.22. The van der Waals surface area contributed by atoms with Crippen LogP contribution in [0.25, 0.3) is 0 Å². The minimum atomic E-state index is -1.22. The molecule has 0 aliphatic carbocycles. The Kier molecular flexibility index (Phi) is 3.36. The molecule has 0 amide bonds. The Balaban J connectivity index is 2.89. The Morgan fingerprint density at radius 3 is 2.57 bits per heavy atom. The summed E-state index contributed by atoms with van der Waals surface area (Å²) in [6, 6.07) is 5.45. The number of rotatable bonds is 3. The lowest BCUT2D eigenvalue weighted by atomic mass is 9.98. The molecule has 76 valence electrons. The lowest BCUT2D eigenvalue weighted by Crippen LogP contribution is -2.17. The van der Waals surface area contributed by atoms with E-state index in [4.69, 9.17) is 0 Å². The van der Waals surface area contributed by atoms with Crippen molar-refractivity contribution in [1.29, 1.82) is 0 Å². The highest BCUT2D eigenvalue weighted by Gasteiger charge is 2.20. The number of aliphatic hydroxyl groups is 1. The first-order chi connectivity index (χ1) is 6.52. The highest BCUT2D eigenvalue weighted by atomic mass is 19.1. The molecule has 0 bridgehead atoms. The highest BCUT2D eigenvalue weighted by Crippen LogP contribution is 2.18. The van der Waals surface area contributed by atoms with Crippen molar-refractivity contribution in [2.45, 2.75) is 20.0 Å². The number of benzene rings is 1. The van der Waals surface area contributed by atoms with E-state index in [9.17, 15) is 14.3 Å². The monoisotopic (exact) mass is 196 g/mol. The number of Topliss-reactive ketones (excluding diaryl/α,β-unsaturated/α-hetero) is 1. The van der Waals surface area contributed by atoms with Gasteiger partial charge in [-0.25, -0.2) is 4.39 Å². The van der Waals surface area contributed by atoms with E-state index >= 15 is 0 Å². The van der Waals surface area contributed by atoms with Gasteiger partial charge in [0.25, 0.3) is 0 Å². The Morgan fingerprint density at radius 2 is 2.07 bits per heavy atom. The van der Waals surface area contributed by atoms with Crippen LogP contribution in [0.5, 0.6) is 0 Å². The van der Waals surface area contributed by atoms with Crippen molar-refractivity contribution in [1.82, 2.24) is 0 Å². The Morgan fingerprint density at radius 1 is 1.43 bits per heavy atom. The van der Waals surface area contributed by atoms with Crippen molar-refractivity contribution in [3.8, 4) is 0 Å². The van der Waals surface area contributed by atoms with Gasteiger partial charge in [0, 0.05) is 5.92 Å². The summed E-state index contributed by atoms with van der Waals surface area (Å²) in [6.45, 7) is 3.40. The largest absolute Gasteiger partial charge is 0.381 e. The second-order valence-electron chi connectivity index (χ2n) is 3.51. The zero-order valence-corrected chi connectivity index (χ0v) is 8.20. The van der Waals surface area contributed by atoms with Crippen LogP contribution in [0, 0.1) is 11.7 Å². The van der Waals surface area contributed by atoms with Crippen LogP contribution in [0.3, 0.4) is 0 Å². The van der Waals surface area contributed by atoms with Crippen molar-refractivity contribution in [3.05, 3.63) is 35.6 Å². The first-order valence-electron chi connectivity index (χ1n) is 4.49. The van der Waals surface area contributed by atoms with Gasteiger partial charge in [-0.1, -0.05) is 26.0 Å². The molecule has 0 unspecified atom stereocenters. The maximum atomic E-state index is 12.8. The molecule has 3 heteroatoms. The number of hydrogen-bond donors (Lipinski definition) is 1. The van der Waals surface area contributed by atoms with E-state index < -0.39 is 11.9 Å². The fourth-order valence-corrected chi connectivity index (χ4v) is 1.16. The van der Waals surface area contributed by atoms with Crippen molar-refractivity contribution in [2.24, 2.45) is 5.92 Å². The van der Waals surface area contributed by atoms with Crippen LogP contribution < -0.4 is 0 Å². The number of hydrogen-bond acceptors (Lipinski definition) is 2. The quantitative estimate of drug-likeness (QED) is 0.803. The summed E-state index contributed by atoms with van der Waals surface area (Å²) in [5.41, 5.74) is 0.309. The lowest BCUT2D eigenvalue weighted by Gasteiger charge is -2.12. The van der Waals surface area contributed by atoms with Crippen LogP contribution in [0.2, 0.25) is 0 Å². The van der Waals surface area contributed by atoms with Crippen molar-refractivity contribution in [2.75, 3.05) is 0 Å². The fraction of sp³-hybridized carbons (Fsp3) is 0.364. The van der Waals surface area contributed by atoms with Crippen molar-refractivity contribution in [3.63, 3.8) is 0 Å². The van der Waals surface area contributed by atoms with E-state index in [0.29, 0.717) is 5.56 Å². The van der Waals surface area contributed by atoms with E-state index in [-0.39, 0.29) is 11.7 Å². The third-order valence-corrected chi connectivity index (χ3v) is 2.00. The predicted octanol–water partition coefficient (Wildman–Crippen LogP) is 2.08. The SMILES string of the molecule is CC(C)C(=O)[C@@H](O)c1cccc(F)c1. The molecule has 0 radical (unpaired) electrons. The van der Waals surface area contributed by atoms with Crippen LogP contribution in [0.15, 0.2) is 24.3 Å². The van der Waals surface area contributed by atoms with E-state index in [1.54, 1.807) is 13.8 Å². The number of carbonyl (C=O) groups excluding carboxylic acids is 1. The molecule has 1 atom stereocenters. The third-order valence-electron chi connectivity index (χ3n) is 2.00. The number of carbonyl (C=O) groups is 1. The number of aliphatic hydroxyl groups excluding tert-OH is 1. The van der Waals surface area contributed by atoms with Crippen molar-refractivity contribution < 1.29 is 14.3 Å². The summed E-state index contributed by atoms with van der Waals surface area (Å²) in [5, 5.41) is 9.57. The highest BCUT2D eigenvalue weighted by molar-refractivity contribution is 5.85. The van der Waals surface area contributed by atoms with Gasteiger partial charge in [0.2, 0.25) is 0 Å². The second kappa shape index (κ2) is 4.33. The molecule has 0 fully saturated rings. The van der Waals surface area contributed by atoms with Crippen LogP contribution in [-0.2, 0) is 4.79 Å². The zero-order chi connectivity index (χ0) is 10.7. The van der Waals surface area contributed by atoms with Gasteiger partial charge < -0.3 is 5.11 Å². The summed E-state index contributed by atoms with van der Waals surface area (Å²) >= 11 is 0. The number of ketones is 1. The average Bonchev–Trinajstić information content (AvgIpc) is 2.15. The summed E-state index contributed by atoms with van der Waals surface area (Å²) < 4.78 is 12.8. The zero-order valence-electron chi connectivity index (χ0n) is 8.20. The maximum absolute atomic E-state index is 12.8. The average molecular weight is 196 g/mol. The molecule has 0 saturated carbocycles. The Bertz CT molecular complexity index is 334. The topological polar surface area (TPSA) is 37.3 Å². The molecule has 14 heavy (non-hydrogen) atoms. The molecule has 1 N–H and O–H groups in total. The fourth-order valence-electron chi connectivity index (χ4n) is 1.16. The van der Waals surface area contributed by atoms with E-state index in [2.05, 4.69) is 0 Å². The smallest absolute Gasteiger partial charge is 0.168 e. The maximum Gasteiger partial charge on any atom is 0.168 e. The molecule has 0 saturated heterocycles. The van der Waals surface area contributed by atoms with E-state index in [1.165, 1.54) is 24.3 Å².